The van der Waals surface area contributed by atoms with Crippen LogP contribution in [0.15, 0.2) is 18.2 Å². The van der Waals surface area contributed by atoms with E-state index in [1.165, 1.54) is 0 Å². The molecule has 0 bridgehead atoms. The number of nitrogens with zero attached hydrogens (tertiary/aromatic N) is 1. The van der Waals surface area contributed by atoms with Gasteiger partial charge in [0, 0.05) is 24.2 Å². The van der Waals surface area contributed by atoms with Gasteiger partial charge in [0.25, 0.3) is 5.91 Å². The van der Waals surface area contributed by atoms with Crippen molar-refractivity contribution in [1.29, 1.82) is 0 Å². The monoisotopic (exact) mass is 270 g/mol. The molecule has 3 heteroatoms. The summed E-state index contributed by atoms with van der Waals surface area (Å²) in [6, 6.07) is 5.78. The largest absolute Gasteiger partial charge is 0.338 e. The fraction of sp³-hybridized carbons (Fsp3) is 0.471. The van der Waals surface area contributed by atoms with E-state index in [1.807, 2.05) is 30.0 Å². The Morgan fingerprint density at radius 1 is 1.30 bits per heavy atom. The number of benzene rings is 1. The number of hydrogen-bond donors (Lipinski definition) is 1. The quantitative estimate of drug-likeness (QED) is 0.794. The third kappa shape index (κ3) is 3.20. The van der Waals surface area contributed by atoms with Crippen LogP contribution in [0.5, 0.6) is 0 Å². The van der Waals surface area contributed by atoms with Crippen LogP contribution in [0.4, 0.5) is 0 Å². The van der Waals surface area contributed by atoms with Gasteiger partial charge in [0.2, 0.25) is 0 Å². The lowest BCUT2D eigenvalue weighted by atomic mass is 10.0. The van der Waals surface area contributed by atoms with E-state index in [9.17, 15) is 4.79 Å². The van der Waals surface area contributed by atoms with Crippen LogP contribution >= 0.6 is 0 Å². The third-order valence-electron chi connectivity index (χ3n) is 3.93. The molecule has 1 saturated heterocycles. The van der Waals surface area contributed by atoms with Gasteiger partial charge in [0.05, 0.1) is 6.54 Å². The average Bonchev–Trinajstić information content (AvgIpc) is 2.75. The first-order valence-electron chi connectivity index (χ1n) is 7.11. The van der Waals surface area contributed by atoms with Crippen molar-refractivity contribution in [2.75, 3.05) is 19.6 Å². The SMILES string of the molecule is Cc1cc(C#CCN)cc(C(=O)N2CC(C)C(C)C2)c1. The van der Waals surface area contributed by atoms with Gasteiger partial charge in [-0.05, 0) is 42.5 Å². The Morgan fingerprint density at radius 3 is 2.55 bits per heavy atom. The van der Waals surface area contributed by atoms with Crippen LogP contribution < -0.4 is 5.73 Å². The topological polar surface area (TPSA) is 46.3 Å². The minimum absolute atomic E-state index is 0.112. The second-order valence-corrected chi connectivity index (χ2v) is 5.76. The van der Waals surface area contributed by atoms with Crippen LogP contribution in [0, 0.1) is 30.6 Å². The molecule has 0 radical (unpaired) electrons. The minimum atomic E-state index is 0.112. The molecule has 1 aliphatic heterocycles. The summed E-state index contributed by atoms with van der Waals surface area (Å²) < 4.78 is 0. The Bertz CT molecular complexity index is 558. The molecule has 2 rings (SSSR count). The number of amides is 1. The summed E-state index contributed by atoms with van der Waals surface area (Å²) in [5.74, 6) is 7.09. The van der Waals surface area contributed by atoms with Crippen molar-refractivity contribution >= 4 is 5.91 Å². The van der Waals surface area contributed by atoms with Gasteiger partial charge in [-0.3, -0.25) is 4.79 Å². The summed E-state index contributed by atoms with van der Waals surface area (Å²) in [5, 5.41) is 0. The van der Waals surface area contributed by atoms with E-state index >= 15 is 0 Å². The van der Waals surface area contributed by atoms with Gasteiger partial charge in [0.15, 0.2) is 0 Å². The number of nitrogens with two attached hydrogens (primary N) is 1. The Labute approximate surface area is 121 Å². The zero-order chi connectivity index (χ0) is 14.7. The van der Waals surface area contributed by atoms with Crippen molar-refractivity contribution in [3.8, 4) is 11.8 Å². The maximum absolute atomic E-state index is 12.6. The zero-order valence-electron chi connectivity index (χ0n) is 12.4. The van der Waals surface area contributed by atoms with Crippen LogP contribution in [0.25, 0.3) is 0 Å². The molecule has 2 unspecified atom stereocenters. The molecule has 2 N–H and O–H groups in total. The average molecular weight is 270 g/mol. The zero-order valence-corrected chi connectivity index (χ0v) is 12.4. The van der Waals surface area contributed by atoms with Crippen LogP contribution in [0.2, 0.25) is 0 Å². The second-order valence-electron chi connectivity index (χ2n) is 5.76. The van der Waals surface area contributed by atoms with E-state index in [1.54, 1.807) is 0 Å². The Hall–Kier alpha value is -1.79. The summed E-state index contributed by atoms with van der Waals surface area (Å²) in [5.41, 5.74) is 8.04. The van der Waals surface area contributed by atoms with Gasteiger partial charge < -0.3 is 10.6 Å². The van der Waals surface area contributed by atoms with Gasteiger partial charge in [-0.1, -0.05) is 25.7 Å². The molecule has 1 heterocycles. The Morgan fingerprint density at radius 2 is 1.95 bits per heavy atom. The van der Waals surface area contributed by atoms with Crippen molar-refractivity contribution in [2.45, 2.75) is 20.8 Å². The molecular formula is C17H22N2O. The smallest absolute Gasteiger partial charge is 0.253 e. The highest BCUT2D eigenvalue weighted by Gasteiger charge is 2.29. The van der Waals surface area contributed by atoms with E-state index in [0.29, 0.717) is 18.4 Å². The van der Waals surface area contributed by atoms with Crippen molar-refractivity contribution < 1.29 is 4.79 Å². The lowest BCUT2D eigenvalue weighted by Crippen LogP contribution is -2.29. The lowest BCUT2D eigenvalue weighted by molar-refractivity contribution is 0.0785. The number of likely N-dealkylation sites (tertiary alicyclic amines) is 1. The van der Waals surface area contributed by atoms with E-state index in [-0.39, 0.29) is 5.91 Å². The fourth-order valence-electron chi connectivity index (χ4n) is 2.61. The molecule has 1 aromatic rings. The molecule has 1 aromatic carbocycles. The van der Waals surface area contributed by atoms with E-state index in [2.05, 4.69) is 25.7 Å². The lowest BCUT2D eigenvalue weighted by Gasteiger charge is -2.16. The third-order valence-corrected chi connectivity index (χ3v) is 3.93. The van der Waals surface area contributed by atoms with Crippen molar-refractivity contribution in [3.05, 3.63) is 34.9 Å². The highest BCUT2D eigenvalue weighted by atomic mass is 16.2. The molecular weight excluding hydrogens is 248 g/mol. The number of carbonyl (C=O) groups excluding carboxylic acids is 1. The molecule has 0 aromatic heterocycles. The highest BCUT2D eigenvalue weighted by molar-refractivity contribution is 5.95. The first-order chi connectivity index (χ1) is 9.51. The minimum Gasteiger partial charge on any atom is -0.338 e. The molecule has 20 heavy (non-hydrogen) atoms. The number of hydrogen-bond acceptors (Lipinski definition) is 2. The first-order valence-corrected chi connectivity index (χ1v) is 7.11. The molecule has 0 saturated carbocycles. The van der Waals surface area contributed by atoms with Crippen LogP contribution in [0.3, 0.4) is 0 Å². The summed E-state index contributed by atoms with van der Waals surface area (Å²) in [6.07, 6.45) is 0. The predicted octanol–water partition coefficient (Wildman–Crippen LogP) is 2.03. The molecule has 106 valence electrons. The van der Waals surface area contributed by atoms with E-state index < -0.39 is 0 Å². The first kappa shape index (κ1) is 14.6. The van der Waals surface area contributed by atoms with Crippen LogP contribution in [-0.4, -0.2) is 30.4 Å². The molecule has 1 aliphatic rings. The normalized spacial score (nSPS) is 21.5. The maximum Gasteiger partial charge on any atom is 0.253 e. The molecule has 0 aliphatic carbocycles. The molecule has 1 fully saturated rings. The summed E-state index contributed by atoms with van der Waals surface area (Å²) in [6.45, 7) is 8.41. The van der Waals surface area contributed by atoms with Crippen molar-refractivity contribution in [2.24, 2.45) is 17.6 Å². The number of rotatable bonds is 1. The molecule has 3 nitrogen and oxygen atoms in total. The second kappa shape index (κ2) is 6.11. The maximum atomic E-state index is 12.6. The van der Waals surface area contributed by atoms with Crippen LogP contribution in [-0.2, 0) is 0 Å². The molecule has 2 atom stereocenters. The number of carbonyl (C=O) groups is 1. The predicted molar refractivity (Wildman–Crippen MR) is 81.3 cm³/mol. The molecule has 0 spiro atoms. The van der Waals surface area contributed by atoms with Gasteiger partial charge in [-0.25, -0.2) is 0 Å². The van der Waals surface area contributed by atoms with Crippen molar-refractivity contribution in [1.82, 2.24) is 4.90 Å². The fourth-order valence-corrected chi connectivity index (χ4v) is 2.61. The highest BCUT2D eigenvalue weighted by Crippen LogP contribution is 2.24. The summed E-state index contributed by atoms with van der Waals surface area (Å²) >= 11 is 0. The Kier molecular flexibility index (Phi) is 4.46. The molecule has 1 amide bonds. The standard InChI is InChI=1S/C17H22N2O/c1-12-7-15(5-4-6-18)9-16(8-12)17(20)19-10-13(2)14(3)11-19/h7-9,13-14H,6,10-11,18H2,1-3H3. The van der Waals surface area contributed by atoms with Gasteiger partial charge in [-0.2, -0.15) is 0 Å². The Balaban J connectivity index is 2.24. The summed E-state index contributed by atoms with van der Waals surface area (Å²) in [4.78, 5) is 14.5. The van der Waals surface area contributed by atoms with E-state index in [0.717, 1.165) is 29.8 Å². The van der Waals surface area contributed by atoms with Gasteiger partial charge >= 0.3 is 0 Å². The van der Waals surface area contributed by atoms with E-state index in [4.69, 9.17) is 5.73 Å². The van der Waals surface area contributed by atoms with Gasteiger partial charge in [0.1, 0.15) is 0 Å². The summed E-state index contributed by atoms with van der Waals surface area (Å²) in [7, 11) is 0. The van der Waals surface area contributed by atoms with Crippen molar-refractivity contribution in [3.63, 3.8) is 0 Å². The van der Waals surface area contributed by atoms with Crippen LogP contribution in [0.1, 0.15) is 35.3 Å². The number of aryl methyl sites for hydroxylation is 1. The van der Waals surface area contributed by atoms with Gasteiger partial charge in [-0.15, -0.1) is 0 Å².